The molecule has 2 unspecified atom stereocenters. The normalized spacial score (nSPS) is 18.9. The molecule has 8 aromatic rings. The lowest BCUT2D eigenvalue weighted by atomic mass is 9.65. The van der Waals surface area contributed by atoms with Gasteiger partial charge in [-0.05, 0) is 81.1 Å². The first-order valence-electron chi connectivity index (χ1n) is 19.6. The fourth-order valence-electron chi connectivity index (χ4n) is 9.97. The highest BCUT2D eigenvalue weighted by atomic mass is 15.2. The quantitative estimate of drug-likeness (QED) is 0.194. The molecule has 2 aliphatic carbocycles. The molecular formula is C52H36N4. The SMILES string of the molecule is C1=CC(C2=NC(c3ccccc3)N=C(c3cccc4c3-c3cc(-c5ccccc5)ccc3C43c4ccccc4-n4c5ccccc5c5cccc3c54)N2)=CCC1. The van der Waals surface area contributed by atoms with Gasteiger partial charge in [0.05, 0.1) is 22.1 Å². The Morgan fingerprint density at radius 2 is 1.29 bits per heavy atom. The van der Waals surface area contributed by atoms with E-state index in [1.165, 1.54) is 72.0 Å². The number of nitrogens with one attached hydrogen (secondary N) is 1. The Hall–Kier alpha value is -7.04. The van der Waals surface area contributed by atoms with E-state index in [9.17, 15) is 0 Å². The molecule has 7 aromatic carbocycles. The molecular weight excluding hydrogens is 681 g/mol. The maximum absolute atomic E-state index is 5.44. The number of hydrogen-bond donors (Lipinski definition) is 1. The first-order chi connectivity index (χ1) is 27.8. The van der Waals surface area contributed by atoms with Crippen molar-refractivity contribution < 1.29 is 0 Å². The molecule has 0 saturated carbocycles. The van der Waals surface area contributed by atoms with E-state index in [-0.39, 0.29) is 6.17 Å². The smallest absolute Gasteiger partial charge is 0.169 e. The molecule has 4 nitrogen and oxygen atoms in total. The van der Waals surface area contributed by atoms with E-state index in [2.05, 4.69) is 192 Å². The third-order valence-electron chi connectivity index (χ3n) is 12.3. The summed E-state index contributed by atoms with van der Waals surface area (Å²) in [5.41, 5.74) is 16.4. The minimum Gasteiger partial charge on any atom is -0.324 e. The summed E-state index contributed by atoms with van der Waals surface area (Å²) in [5.74, 6) is 1.70. The van der Waals surface area contributed by atoms with Crippen LogP contribution in [0.1, 0.15) is 52.4 Å². The molecule has 3 heterocycles. The molecule has 4 aliphatic rings. The van der Waals surface area contributed by atoms with Crippen molar-refractivity contribution in [1.29, 1.82) is 0 Å². The number of nitrogens with zero attached hydrogens (tertiary/aromatic N) is 3. The van der Waals surface area contributed by atoms with Crippen molar-refractivity contribution in [3.8, 4) is 27.9 Å². The molecule has 4 heteroatoms. The standard InChI is InChI=1S/C52H36N4/c1-4-16-33(17-5-1)36-30-31-41-40(32-36)47-39(51-54-49(34-18-6-2-7-19-34)53-50(55-51)35-20-8-3-9-21-35)24-15-26-43(47)52(41)42-25-11-13-29-46(42)56-45-28-12-10-22-37(45)38-23-14-27-44(52)48(38)56/h1-2,4-8,10-32,49H,3,9H2,(H,53,54,55). The summed E-state index contributed by atoms with van der Waals surface area (Å²) < 4.78 is 2.51. The molecule has 264 valence electrons. The van der Waals surface area contributed by atoms with Gasteiger partial charge < -0.3 is 9.88 Å². The summed E-state index contributed by atoms with van der Waals surface area (Å²) in [7, 11) is 0. The number of benzene rings is 7. The van der Waals surface area contributed by atoms with Crippen LogP contribution in [0.15, 0.2) is 198 Å². The molecule has 1 N–H and O–H groups in total. The van der Waals surface area contributed by atoms with Crippen molar-refractivity contribution in [2.75, 3.05) is 0 Å². The number of aliphatic imine (C=N–C) groups is 2. The Kier molecular flexibility index (Phi) is 6.70. The summed E-state index contributed by atoms with van der Waals surface area (Å²) in [6, 6.07) is 60.1. The summed E-state index contributed by atoms with van der Waals surface area (Å²) in [4.78, 5) is 10.7. The van der Waals surface area contributed by atoms with Crippen LogP contribution in [-0.2, 0) is 5.41 Å². The molecule has 0 bridgehead atoms. The van der Waals surface area contributed by atoms with Gasteiger partial charge in [0, 0.05) is 21.9 Å². The molecule has 0 saturated heterocycles. The highest BCUT2D eigenvalue weighted by Gasteiger charge is 2.51. The Labute approximate surface area is 325 Å². The van der Waals surface area contributed by atoms with E-state index in [1.807, 2.05) is 0 Å². The van der Waals surface area contributed by atoms with Crippen LogP contribution in [0.5, 0.6) is 0 Å². The number of rotatable bonds is 4. The fourth-order valence-corrected chi connectivity index (χ4v) is 9.97. The lowest BCUT2D eigenvalue weighted by molar-refractivity contribution is 0.747. The monoisotopic (exact) mass is 716 g/mol. The minimum atomic E-state index is -0.573. The van der Waals surface area contributed by atoms with Gasteiger partial charge in [0.15, 0.2) is 6.17 Å². The van der Waals surface area contributed by atoms with Crippen LogP contribution in [0.3, 0.4) is 0 Å². The Bertz CT molecular complexity index is 3050. The highest BCUT2D eigenvalue weighted by Crippen LogP contribution is 2.62. The second kappa shape index (κ2) is 12.0. The molecule has 0 fully saturated rings. The first kappa shape index (κ1) is 31.3. The van der Waals surface area contributed by atoms with Crippen LogP contribution in [-0.4, -0.2) is 16.2 Å². The van der Waals surface area contributed by atoms with Crippen molar-refractivity contribution in [2.24, 2.45) is 9.98 Å². The average molecular weight is 717 g/mol. The maximum Gasteiger partial charge on any atom is 0.169 e. The molecule has 2 aliphatic heterocycles. The van der Waals surface area contributed by atoms with Crippen LogP contribution in [0.4, 0.5) is 0 Å². The van der Waals surface area contributed by atoms with Crippen LogP contribution in [0.2, 0.25) is 0 Å². The van der Waals surface area contributed by atoms with Gasteiger partial charge in [-0.25, -0.2) is 9.98 Å². The molecule has 0 radical (unpaired) electrons. The van der Waals surface area contributed by atoms with Gasteiger partial charge >= 0.3 is 0 Å². The predicted molar refractivity (Wildman–Crippen MR) is 230 cm³/mol. The number of aromatic nitrogens is 1. The number of fused-ring (bicyclic) bond motifs is 12. The summed E-state index contributed by atoms with van der Waals surface area (Å²) in [6.45, 7) is 0. The largest absolute Gasteiger partial charge is 0.324 e. The lowest BCUT2D eigenvalue weighted by Gasteiger charge is -2.39. The molecule has 2 atom stereocenters. The van der Waals surface area contributed by atoms with Gasteiger partial charge in [0.2, 0.25) is 0 Å². The summed E-state index contributed by atoms with van der Waals surface area (Å²) >= 11 is 0. The van der Waals surface area contributed by atoms with Gasteiger partial charge in [-0.2, -0.15) is 0 Å². The van der Waals surface area contributed by atoms with E-state index in [0.717, 1.165) is 41.2 Å². The van der Waals surface area contributed by atoms with E-state index in [1.54, 1.807) is 0 Å². The zero-order valence-electron chi connectivity index (χ0n) is 30.7. The molecule has 1 spiro atoms. The third kappa shape index (κ3) is 4.30. The molecule has 12 rings (SSSR count). The molecule has 56 heavy (non-hydrogen) atoms. The van der Waals surface area contributed by atoms with Crippen molar-refractivity contribution in [1.82, 2.24) is 9.88 Å². The number of allylic oxidation sites excluding steroid dienone is 2. The Morgan fingerprint density at radius 3 is 2.16 bits per heavy atom. The van der Waals surface area contributed by atoms with Gasteiger partial charge in [-0.1, -0.05) is 164 Å². The second-order valence-corrected chi connectivity index (χ2v) is 15.2. The molecule has 0 amide bonds. The van der Waals surface area contributed by atoms with Crippen LogP contribution in [0, 0.1) is 0 Å². The zero-order chi connectivity index (χ0) is 36.8. The van der Waals surface area contributed by atoms with Gasteiger partial charge in [-0.3, -0.25) is 0 Å². The number of para-hydroxylation sites is 3. The van der Waals surface area contributed by atoms with Crippen LogP contribution < -0.4 is 5.32 Å². The van der Waals surface area contributed by atoms with Crippen molar-refractivity contribution in [3.63, 3.8) is 0 Å². The number of hydrogen-bond acceptors (Lipinski definition) is 3. The van der Waals surface area contributed by atoms with Crippen molar-refractivity contribution in [2.45, 2.75) is 24.4 Å². The third-order valence-corrected chi connectivity index (χ3v) is 12.3. The second-order valence-electron chi connectivity index (χ2n) is 15.2. The maximum atomic E-state index is 5.44. The van der Waals surface area contributed by atoms with E-state index >= 15 is 0 Å². The van der Waals surface area contributed by atoms with E-state index in [0.29, 0.717) is 0 Å². The first-order valence-corrected chi connectivity index (χ1v) is 19.6. The average Bonchev–Trinajstić information content (AvgIpc) is 3.77. The highest BCUT2D eigenvalue weighted by molar-refractivity contribution is 6.20. The van der Waals surface area contributed by atoms with Gasteiger partial charge in [-0.15, -0.1) is 0 Å². The molecule has 1 aromatic heterocycles. The summed E-state index contributed by atoms with van der Waals surface area (Å²) in [6.07, 6.45) is 8.40. The summed E-state index contributed by atoms with van der Waals surface area (Å²) in [5, 5.41) is 6.33. The Morgan fingerprint density at radius 1 is 0.554 bits per heavy atom. The van der Waals surface area contributed by atoms with Gasteiger partial charge in [0.25, 0.3) is 0 Å². The fraction of sp³-hybridized carbons (Fsp3) is 0.0769. The lowest BCUT2D eigenvalue weighted by Crippen LogP contribution is -2.37. The van der Waals surface area contributed by atoms with Crippen molar-refractivity contribution >= 4 is 33.5 Å². The van der Waals surface area contributed by atoms with E-state index in [4.69, 9.17) is 9.98 Å². The van der Waals surface area contributed by atoms with Crippen LogP contribution in [0.25, 0.3) is 49.7 Å². The van der Waals surface area contributed by atoms with Gasteiger partial charge in [0.1, 0.15) is 11.7 Å². The van der Waals surface area contributed by atoms with Crippen LogP contribution >= 0.6 is 0 Å². The minimum absolute atomic E-state index is 0.375. The topological polar surface area (TPSA) is 41.7 Å². The number of amidine groups is 2. The zero-order valence-corrected chi connectivity index (χ0v) is 30.7. The Balaban J connectivity index is 1.18. The van der Waals surface area contributed by atoms with Crippen molar-refractivity contribution in [3.05, 3.63) is 221 Å². The predicted octanol–water partition coefficient (Wildman–Crippen LogP) is 11.9. The van der Waals surface area contributed by atoms with E-state index < -0.39 is 5.41 Å².